The molecule has 0 aromatic heterocycles. The summed E-state index contributed by atoms with van der Waals surface area (Å²) in [6.07, 6.45) is 0.186. The average molecular weight is 379 g/mol. The van der Waals surface area contributed by atoms with Gasteiger partial charge in [0.2, 0.25) is 0 Å². The Morgan fingerprint density at radius 2 is 1.75 bits per heavy atom. The molecular weight excluding hydrogens is 360 g/mol. The van der Waals surface area contributed by atoms with Crippen molar-refractivity contribution in [1.29, 1.82) is 0 Å². The number of carbonyl (C=O) groups is 1. The first-order valence-electron chi connectivity index (χ1n) is 9.13. The second-order valence-electron chi connectivity index (χ2n) is 6.87. The van der Waals surface area contributed by atoms with E-state index < -0.39 is 12.1 Å². The van der Waals surface area contributed by atoms with Gasteiger partial charge in [-0.3, -0.25) is 4.79 Å². The van der Waals surface area contributed by atoms with Crippen LogP contribution < -0.4 is 10.1 Å². The SMILES string of the molecule is O=C(N[C@H](Cc1cccc(F)c1)c1cccc(F)c1)[C@H]1Cc2ccccc2O1. The van der Waals surface area contributed by atoms with Gasteiger partial charge in [0.05, 0.1) is 6.04 Å². The molecule has 1 aliphatic heterocycles. The number of rotatable bonds is 5. The Morgan fingerprint density at radius 1 is 1.00 bits per heavy atom. The fraction of sp³-hybridized carbons (Fsp3) is 0.174. The van der Waals surface area contributed by atoms with Crippen molar-refractivity contribution in [3.63, 3.8) is 0 Å². The van der Waals surface area contributed by atoms with Crippen LogP contribution in [0.5, 0.6) is 5.75 Å². The van der Waals surface area contributed by atoms with Crippen molar-refractivity contribution < 1.29 is 18.3 Å². The molecule has 3 nitrogen and oxygen atoms in total. The van der Waals surface area contributed by atoms with Gasteiger partial charge in [0.15, 0.2) is 6.10 Å². The summed E-state index contributed by atoms with van der Waals surface area (Å²) < 4.78 is 33.1. The molecule has 3 aromatic rings. The molecule has 1 aliphatic rings. The Balaban J connectivity index is 1.54. The van der Waals surface area contributed by atoms with Gasteiger partial charge in [-0.05, 0) is 53.4 Å². The fourth-order valence-corrected chi connectivity index (χ4v) is 3.47. The second kappa shape index (κ2) is 7.80. The maximum Gasteiger partial charge on any atom is 0.261 e. The number of amides is 1. The van der Waals surface area contributed by atoms with Crippen molar-refractivity contribution in [3.8, 4) is 5.75 Å². The lowest BCUT2D eigenvalue weighted by molar-refractivity contribution is -0.128. The van der Waals surface area contributed by atoms with Gasteiger partial charge in [0.1, 0.15) is 17.4 Å². The van der Waals surface area contributed by atoms with Crippen LogP contribution in [0.2, 0.25) is 0 Å². The molecule has 5 heteroatoms. The van der Waals surface area contributed by atoms with Crippen LogP contribution in [0, 0.1) is 11.6 Å². The molecular formula is C23H19F2NO2. The summed E-state index contributed by atoms with van der Waals surface area (Å²) >= 11 is 0. The molecule has 1 heterocycles. The van der Waals surface area contributed by atoms with Crippen LogP contribution in [0.15, 0.2) is 72.8 Å². The standard InChI is InChI=1S/C23H19F2NO2/c24-18-8-3-5-15(11-18)12-20(16-7-4-9-19(25)13-16)26-23(27)22-14-17-6-1-2-10-21(17)28-22/h1-11,13,20,22H,12,14H2,(H,26,27)/t20-,22-/m1/s1. The highest BCUT2D eigenvalue weighted by Gasteiger charge is 2.30. The number of benzene rings is 3. The van der Waals surface area contributed by atoms with Gasteiger partial charge in [-0.15, -0.1) is 0 Å². The first-order chi connectivity index (χ1) is 13.6. The number of fused-ring (bicyclic) bond motifs is 1. The van der Waals surface area contributed by atoms with E-state index in [0.717, 1.165) is 5.56 Å². The van der Waals surface area contributed by atoms with Gasteiger partial charge >= 0.3 is 0 Å². The van der Waals surface area contributed by atoms with Gasteiger partial charge in [-0.1, -0.05) is 42.5 Å². The van der Waals surface area contributed by atoms with E-state index in [1.807, 2.05) is 24.3 Å². The molecule has 0 fully saturated rings. The third-order valence-corrected chi connectivity index (χ3v) is 4.84. The van der Waals surface area contributed by atoms with Gasteiger partial charge in [0.25, 0.3) is 5.91 Å². The molecule has 0 unspecified atom stereocenters. The zero-order chi connectivity index (χ0) is 19.5. The smallest absolute Gasteiger partial charge is 0.261 e. The minimum Gasteiger partial charge on any atom is -0.480 e. The van der Waals surface area contributed by atoms with Crippen molar-refractivity contribution in [2.75, 3.05) is 0 Å². The van der Waals surface area contributed by atoms with E-state index in [9.17, 15) is 13.6 Å². The molecule has 4 rings (SSSR count). The van der Waals surface area contributed by atoms with Gasteiger partial charge in [0, 0.05) is 6.42 Å². The quantitative estimate of drug-likeness (QED) is 0.715. The van der Waals surface area contributed by atoms with Crippen LogP contribution in [-0.4, -0.2) is 12.0 Å². The highest BCUT2D eigenvalue weighted by Crippen LogP contribution is 2.29. The monoisotopic (exact) mass is 379 g/mol. The lowest BCUT2D eigenvalue weighted by Gasteiger charge is -2.21. The minimum atomic E-state index is -0.638. The zero-order valence-electron chi connectivity index (χ0n) is 15.1. The van der Waals surface area contributed by atoms with Gasteiger partial charge in [-0.25, -0.2) is 8.78 Å². The summed E-state index contributed by atoms with van der Waals surface area (Å²) in [5.74, 6) is -0.311. The Kier molecular flexibility index (Phi) is 5.06. The first kappa shape index (κ1) is 18.2. The highest BCUT2D eigenvalue weighted by atomic mass is 19.1. The number of para-hydroxylation sites is 1. The maximum atomic E-state index is 13.8. The highest BCUT2D eigenvalue weighted by molar-refractivity contribution is 5.83. The van der Waals surface area contributed by atoms with E-state index in [1.54, 1.807) is 24.3 Å². The third kappa shape index (κ3) is 4.03. The maximum absolute atomic E-state index is 13.8. The van der Waals surface area contributed by atoms with E-state index in [4.69, 9.17) is 4.74 Å². The van der Waals surface area contributed by atoms with Crippen molar-refractivity contribution >= 4 is 5.91 Å². The molecule has 142 valence electrons. The number of hydrogen-bond donors (Lipinski definition) is 1. The molecule has 0 aliphatic carbocycles. The van der Waals surface area contributed by atoms with E-state index >= 15 is 0 Å². The predicted octanol–water partition coefficient (Wildman–Crippen LogP) is 4.37. The largest absolute Gasteiger partial charge is 0.480 e. The number of carbonyl (C=O) groups excluding carboxylic acids is 1. The summed E-state index contributed by atoms with van der Waals surface area (Å²) in [6.45, 7) is 0. The normalized spacial score (nSPS) is 16.1. The second-order valence-corrected chi connectivity index (χ2v) is 6.87. The third-order valence-electron chi connectivity index (χ3n) is 4.84. The summed E-state index contributed by atoms with van der Waals surface area (Å²) in [4.78, 5) is 12.8. The first-order valence-corrected chi connectivity index (χ1v) is 9.13. The Bertz CT molecular complexity index is 980. The van der Waals surface area contributed by atoms with Crippen molar-refractivity contribution in [2.45, 2.75) is 25.0 Å². The summed E-state index contributed by atoms with van der Waals surface area (Å²) in [6, 6.07) is 19.3. The van der Waals surface area contributed by atoms with Crippen LogP contribution in [0.1, 0.15) is 22.7 Å². The van der Waals surface area contributed by atoms with Crippen molar-refractivity contribution in [1.82, 2.24) is 5.32 Å². The molecule has 0 bridgehead atoms. The molecule has 0 radical (unpaired) electrons. The predicted molar refractivity (Wildman–Crippen MR) is 102 cm³/mol. The molecule has 1 amide bonds. The van der Waals surface area contributed by atoms with Crippen LogP contribution in [-0.2, 0) is 17.6 Å². The van der Waals surface area contributed by atoms with Crippen molar-refractivity contribution in [2.24, 2.45) is 0 Å². The van der Waals surface area contributed by atoms with Crippen LogP contribution in [0.3, 0.4) is 0 Å². The lowest BCUT2D eigenvalue weighted by Crippen LogP contribution is -2.40. The van der Waals surface area contributed by atoms with Crippen LogP contribution in [0.25, 0.3) is 0 Å². The summed E-state index contributed by atoms with van der Waals surface area (Å²) in [7, 11) is 0. The summed E-state index contributed by atoms with van der Waals surface area (Å²) in [5.41, 5.74) is 2.31. The molecule has 1 N–H and O–H groups in total. The molecule has 2 atom stereocenters. The number of halogens is 2. The molecule has 28 heavy (non-hydrogen) atoms. The summed E-state index contributed by atoms with van der Waals surface area (Å²) in [5, 5.41) is 2.95. The Hall–Kier alpha value is -3.21. The minimum absolute atomic E-state index is 0.276. The molecule has 0 saturated heterocycles. The average Bonchev–Trinajstić information content (AvgIpc) is 3.12. The topological polar surface area (TPSA) is 38.3 Å². The van der Waals surface area contributed by atoms with E-state index in [0.29, 0.717) is 29.7 Å². The number of hydrogen-bond acceptors (Lipinski definition) is 2. The van der Waals surface area contributed by atoms with Crippen molar-refractivity contribution in [3.05, 3.63) is 101 Å². The lowest BCUT2D eigenvalue weighted by atomic mass is 9.98. The molecule has 3 aromatic carbocycles. The van der Waals surface area contributed by atoms with Gasteiger partial charge < -0.3 is 10.1 Å². The van der Waals surface area contributed by atoms with Crippen LogP contribution >= 0.6 is 0 Å². The van der Waals surface area contributed by atoms with E-state index in [2.05, 4.69) is 5.32 Å². The molecule has 0 saturated carbocycles. The Labute approximate surface area is 162 Å². The number of ether oxygens (including phenoxy) is 1. The number of nitrogens with one attached hydrogen (secondary N) is 1. The molecule has 0 spiro atoms. The van der Waals surface area contributed by atoms with E-state index in [-0.39, 0.29) is 17.5 Å². The van der Waals surface area contributed by atoms with Crippen LogP contribution in [0.4, 0.5) is 8.78 Å². The fourth-order valence-electron chi connectivity index (χ4n) is 3.47. The zero-order valence-corrected chi connectivity index (χ0v) is 15.1. The van der Waals surface area contributed by atoms with E-state index in [1.165, 1.54) is 24.3 Å². The van der Waals surface area contributed by atoms with Gasteiger partial charge in [-0.2, -0.15) is 0 Å². The Morgan fingerprint density at radius 3 is 2.50 bits per heavy atom.